The van der Waals surface area contributed by atoms with Crippen LogP contribution in [0.1, 0.15) is 20.8 Å². The Morgan fingerprint density at radius 3 is 1.22 bits per heavy atom. The Kier molecular flexibility index (Phi) is 19.9. The topological polar surface area (TPSA) is 57.5 Å². The molecule has 0 radical (unpaired) electrons. The van der Waals surface area contributed by atoms with E-state index in [0.29, 0.717) is 0 Å². The Hall–Kier alpha value is 0.270. The molecule has 2 N–H and O–H groups in total. The molecular formula is C5H11NaO3. The fourth-order valence-corrected chi connectivity index (χ4v) is 0. The average molecular weight is 142 g/mol. The van der Waals surface area contributed by atoms with Gasteiger partial charge in [-0.25, -0.2) is 4.79 Å². The summed E-state index contributed by atoms with van der Waals surface area (Å²) in [5.74, 6) is 1.42. The third-order valence-corrected chi connectivity index (χ3v) is 0. The van der Waals surface area contributed by atoms with Gasteiger partial charge < -0.3 is 16.1 Å². The minimum absolute atomic E-state index is 0. The van der Waals surface area contributed by atoms with Crippen LogP contribution in [0, 0.1) is 5.92 Å². The van der Waals surface area contributed by atoms with Crippen LogP contribution >= 0.6 is 0 Å². The van der Waals surface area contributed by atoms with Crippen LogP contribution in [0.2, 0.25) is 0 Å². The van der Waals surface area contributed by atoms with Crippen LogP contribution < -0.4 is 29.6 Å². The number of carbonyl (C=O) groups is 1. The molecule has 0 aromatic carbocycles. The quantitative estimate of drug-likeness (QED) is 0.331. The Morgan fingerprint density at radius 2 is 1.22 bits per heavy atom. The first-order valence-corrected chi connectivity index (χ1v) is 2.15. The van der Waals surface area contributed by atoms with Gasteiger partial charge in [0.2, 0.25) is 0 Å². The number of hydrogen-bond donors (Lipinski definition) is 2. The zero-order chi connectivity index (χ0) is 7.15. The minimum Gasteiger partial charge on any atom is -0.450 e. The molecule has 0 spiro atoms. The van der Waals surface area contributed by atoms with Gasteiger partial charge in [0.1, 0.15) is 0 Å². The second-order valence-electron chi connectivity index (χ2n) is 1.78. The molecule has 0 bridgehead atoms. The fourth-order valence-electron chi connectivity index (χ4n) is 0. The summed E-state index contributed by atoms with van der Waals surface area (Å²) < 4.78 is 0. The van der Waals surface area contributed by atoms with Gasteiger partial charge in [0.15, 0.2) is 0 Å². The average Bonchev–Trinajstić information content (AvgIpc) is 1.25. The van der Waals surface area contributed by atoms with Crippen LogP contribution in [-0.4, -0.2) is 16.4 Å². The molecule has 50 valence electrons. The van der Waals surface area contributed by atoms with Crippen LogP contribution in [0.5, 0.6) is 0 Å². The van der Waals surface area contributed by atoms with Crippen molar-refractivity contribution in [2.75, 3.05) is 0 Å². The summed E-state index contributed by atoms with van der Waals surface area (Å²) in [7, 11) is 0. The van der Waals surface area contributed by atoms with Gasteiger partial charge in [-0.2, -0.15) is 20.8 Å². The van der Waals surface area contributed by atoms with E-state index in [2.05, 4.69) is 20.8 Å². The van der Waals surface area contributed by atoms with Gasteiger partial charge in [0.25, 0.3) is 0 Å². The molecule has 0 aliphatic rings. The summed E-state index contributed by atoms with van der Waals surface area (Å²) in [5, 5.41) is 13.9. The summed E-state index contributed by atoms with van der Waals surface area (Å²) in [6, 6.07) is 0. The SMILES string of the molecule is C[C-](C)C.O=C(O)O.[Na+]. The molecule has 0 aromatic rings. The maximum atomic E-state index is 8.56. The van der Waals surface area contributed by atoms with E-state index in [-0.39, 0.29) is 29.6 Å². The molecule has 0 unspecified atom stereocenters. The van der Waals surface area contributed by atoms with Gasteiger partial charge in [0.05, 0.1) is 0 Å². The number of rotatable bonds is 0. The van der Waals surface area contributed by atoms with Crippen LogP contribution in [0.3, 0.4) is 0 Å². The predicted molar refractivity (Wildman–Crippen MR) is 30.9 cm³/mol. The van der Waals surface area contributed by atoms with E-state index in [1.165, 1.54) is 5.92 Å². The standard InChI is InChI=1S/C4H9.CH2O3.Na/c1-4(2)3;2-1(3)4;/h1-3H3;(H2,2,3,4);/q-1;;+1. The molecule has 4 heteroatoms. The monoisotopic (exact) mass is 142 g/mol. The third-order valence-electron chi connectivity index (χ3n) is 0. The van der Waals surface area contributed by atoms with Crippen molar-refractivity contribution in [3.05, 3.63) is 5.92 Å². The molecule has 0 aromatic heterocycles. The molecule has 0 fully saturated rings. The molecule has 0 heterocycles. The van der Waals surface area contributed by atoms with Crippen LogP contribution in [0.4, 0.5) is 4.79 Å². The zero-order valence-corrected chi connectivity index (χ0v) is 8.30. The van der Waals surface area contributed by atoms with Crippen molar-refractivity contribution in [3.8, 4) is 0 Å². The van der Waals surface area contributed by atoms with Gasteiger partial charge in [-0.1, -0.05) is 0 Å². The second kappa shape index (κ2) is 11.1. The van der Waals surface area contributed by atoms with Crippen molar-refractivity contribution in [2.45, 2.75) is 20.8 Å². The smallest absolute Gasteiger partial charge is 0.450 e. The van der Waals surface area contributed by atoms with Gasteiger partial charge in [-0.3, -0.25) is 0 Å². The van der Waals surface area contributed by atoms with Crippen molar-refractivity contribution >= 4 is 6.16 Å². The fraction of sp³-hybridized carbons (Fsp3) is 0.600. The minimum atomic E-state index is -1.83. The number of hydrogen-bond acceptors (Lipinski definition) is 1. The zero-order valence-electron chi connectivity index (χ0n) is 6.30. The van der Waals surface area contributed by atoms with Crippen LogP contribution in [0.25, 0.3) is 0 Å². The Bertz CT molecular complexity index is 56.5. The third kappa shape index (κ3) is 4460. The molecule has 0 aliphatic heterocycles. The van der Waals surface area contributed by atoms with Crippen molar-refractivity contribution in [3.63, 3.8) is 0 Å². The van der Waals surface area contributed by atoms with Gasteiger partial charge in [0, 0.05) is 0 Å². The first-order chi connectivity index (χ1) is 3.46. The van der Waals surface area contributed by atoms with E-state index in [1.807, 2.05) is 0 Å². The van der Waals surface area contributed by atoms with Gasteiger partial charge in [-0.05, 0) is 0 Å². The van der Waals surface area contributed by atoms with E-state index in [4.69, 9.17) is 15.0 Å². The maximum absolute atomic E-state index is 8.56. The molecule has 0 aliphatic carbocycles. The molecule has 0 rings (SSSR count). The normalized spacial score (nSPS) is 6.67. The van der Waals surface area contributed by atoms with Crippen molar-refractivity contribution in [1.82, 2.24) is 0 Å². The summed E-state index contributed by atoms with van der Waals surface area (Å²) in [4.78, 5) is 8.56. The van der Waals surface area contributed by atoms with Crippen molar-refractivity contribution < 1.29 is 44.6 Å². The van der Waals surface area contributed by atoms with Crippen molar-refractivity contribution in [1.29, 1.82) is 0 Å². The molecule has 0 atom stereocenters. The predicted octanol–water partition coefficient (Wildman–Crippen LogP) is -1.15. The van der Waals surface area contributed by atoms with E-state index in [9.17, 15) is 0 Å². The van der Waals surface area contributed by atoms with Gasteiger partial charge in [-0.15, -0.1) is 0 Å². The molecular weight excluding hydrogens is 131 g/mol. The Balaban J connectivity index is -0.0000000720. The summed E-state index contributed by atoms with van der Waals surface area (Å²) >= 11 is 0. The van der Waals surface area contributed by atoms with Crippen LogP contribution in [0.15, 0.2) is 0 Å². The van der Waals surface area contributed by atoms with E-state index in [1.54, 1.807) is 0 Å². The maximum Gasteiger partial charge on any atom is 1.00 e. The molecule has 0 amide bonds. The summed E-state index contributed by atoms with van der Waals surface area (Å²) in [5.41, 5.74) is 0. The summed E-state index contributed by atoms with van der Waals surface area (Å²) in [6.45, 7) is 6.25. The first kappa shape index (κ1) is 16.1. The Labute approximate surface area is 77.4 Å². The van der Waals surface area contributed by atoms with E-state index >= 15 is 0 Å². The Morgan fingerprint density at radius 1 is 1.22 bits per heavy atom. The van der Waals surface area contributed by atoms with Gasteiger partial charge >= 0.3 is 35.7 Å². The van der Waals surface area contributed by atoms with Crippen molar-refractivity contribution in [2.24, 2.45) is 0 Å². The van der Waals surface area contributed by atoms with E-state index < -0.39 is 6.16 Å². The largest absolute Gasteiger partial charge is 1.00 e. The molecule has 9 heavy (non-hydrogen) atoms. The van der Waals surface area contributed by atoms with Crippen LogP contribution in [-0.2, 0) is 0 Å². The summed E-state index contributed by atoms with van der Waals surface area (Å²) in [6.07, 6.45) is -1.83. The number of carboxylic acid groups (broad SMARTS) is 2. The van der Waals surface area contributed by atoms with E-state index in [0.717, 1.165) is 0 Å². The molecule has 0 saturated heterocycles. The molecule has 3 nitrogen and oxygen atoms in total. The molecule has 0 saturated carbocycles. The second-order valence-corrected chi connectivity index (χ2v) is 1.78. The first-order valence-electron chi connectivity index (χ1n) is 2.15.